The van der Waals surface area contributed by atoms with Crippen molar-refractivity contribution in [3.05, 3.63) is 23.3 Å². The zero-order valence-corrected chi connectivity index (χ0v) is 6.96. The van der Waals surface area contributed by atoms with Crippen LogP contribution in [0.1, 0.15) is 22.8 Å². The van der Waals surface area contributed by atoms with Crippen LogP contribution in [-0.2, 0) is 0 Å². The molecule has 0 fully saturated rings. The quantitative estimate of drug-likeness (QED) is 0.492. The maximum Gasteiger partial charge on any atom is 0.163 e. The lowest BCUT2D eigenvalue weighted by Crippen LogP contribution is -1.93. The minimum atomic E-state index is -0.258. The van der Waals surface area contributed by atoms with Crippen molar-refractivity contribution < 1.29 is 15.0 Å². The molecule has 0 radical (unpaired) electrons. The van der Waals surface area contributed by atoms with Crippen LogP contribution in [0.4, 0.5) is 0 Å². The largest absolute Gasteiger partial charge is 0.508 e. The first-order valence-corrected chi connectivity index (χ1v) is 3.56. The fraction of sp³-hybridized carbons (Fsp3) is 0.222. The van der Waals surface area contributed by atoms with E-state index in [-0.39, 0.29) is 22.8 Å². The first kappa shape index (κ1) is 8.59. The van der Waals surface area contributed by atoms with E-state index in [1.807, 2.05) is 0 Å². The summed E-state index contributed by atoms with van der Waals surface area (Å²) in [5.41, 5.74) is 0.660. The monoisotopic (exact) mass is 166 g/mol. The third-order valence-corrected chi connectivity index (χ3v) is 1.66. The van der Waals surface area contributed by atoms with Gasteiger partial charge in [0, 0.05) is 0 Å². The summed E-state index contributed by atoms with van der Waals surface area (Å²) in [4.78, 5) is 10.9. The number of carbonyl (C=O) groups excluding carboxylic acids is 1. The molecule has 2 N–H and O–H groups in total. The van der Waals surface area contributed by atoms with Gasteiger partial charge in [-0.15, -0.1) is 0 Å². The molecule has 0 bridgehead atoms. The van der Waals surface area contributed by atoms with Gasteiger partial charge in [-0.1, -0.05) is 0 Å². The summed E-state index contributed by atoms with van der Waals surface area (Å²) in [6.45, 7) is 2.97. The van der Waals surface area contributed by atoms with Gasteiger partial charge in [0.1, 0.15) is 11.5 Å². The molecule has 0 heterocycles. The lowest BCUT2D eigenvalue weighted by atomic mass is 10.1. The molecule has 0 amide bonds. The Balaban J connectivity index is 3.37. The maximum atomic E-state index is 10.9. The molecule has 0 spiro atoms. The summed E-state index contributed by atoms with van der Waals surface area (Å²) in [6, 6.07) is 2.66. The first-order valence-electron chi connectivity index (χ1n) is 3.56. The Labute approximate surface area is 70.3 Å². The molecule has 0 unspecified atom stereocenters. The molecule has 3 nitrogen and oxygen atoms in total. The molecule has 0 atom stereocenters. The van der Waals surface area contributed by atoms with Crippen molar-refractivity contribution in [2.45, 2.75) is 13.8 Å². The molecule has 12 heavy (non-hydrogen) atoms. The number of phenolic OH excluding ortho intramolecular Hbond substituents is 2. The second-order valence-electron chi connectivity index (χ2n) is 2.72. The highest BCUT2D eigenvalue weighted by Gasteiger charge is 2.09. The van der Waals surface area contributed by atoms with E-state index in [0.717, 1.165) is 0 Å². The Morgan fingerprint density at radius 2 is 1.92 bits per heavy atom. The molecule has 0 aliphatic rings. The zero-order chi connectivity index (χ0) is 9.30. The van der Waals surface area contributed by atoms with Gasteiger partial charge in [-0.25, -0.2) is 0 Å². The summed E-state index contributed by atoms with van der Waals surface area (Å²) >= 11 is 0. The van der Waals surface area contributed by atoms with E-state index in [4.69, 9.17) is 5.11 Å². The van der Waals surface area contributed by atoms with Crippen LogP contribution in [0, 0.1) is 6.92 Å². The average Bonchev–Trinajstić information content (AvgIpc) is 1.96. The predicted molar refractivity (Wildman–Crippen MR) is 44.5 cm³/mol. The fourth-order valence-electron chi connectivity index (χ4n) is 1.03. The summed E-state index contributed by atoms with van der Waals surface area (Å²) in [5.74, 6) is -0.317. The molecule has 64 valence electrons. The minimum absolute atomic E-state index is 0.00417. The number of rotatable bonds is 1. The average molecular weight is 166 g/mol. The number of Topliss-reactive ketones (excluding diaryl/α,β-unsaturated/α-hetero) is 1. The van der Waals surface area contributed by atoms with Crippen LogP contribution >= 0.6 is 0 Å². The molecule has 1 aromatic rings. The van der Waals surface area contributed by atoms with E-state index in [1.54, 1.807) is 6.92 Å². The van der Waals surface area contributed by atoms with Crippen LogP contribution in [-0.4, -0.2) is 16.0 Å². The number of aromatic hydroxyl groups is 2. The molecule has 0 aliphatic carbocycles. The van der Waals surface area contributed by atoms with Crippen molar-refractivity contribution in [3.63, 3.8) is 0 Å². The van der Waals surface area contributed by atoms with Gasteiger partial charge in [-0.05, 0) is 31.5 Å². The normalized spacial score (nSPS) is 9.83. The lowest BCUT2D eigenvalue weighted by Gasteiger charge is -2.04. The van der Waals surface area contributed by atoms with Crippen molar-refractivity contribution in [1.29, 1.82) is 0 Å². The Bertz CT molecular complexity index is 329. The van der Waals surface area contributed by atoms with E-state index in [1.165, 1.54) is 19.1 Å². The van der Waals surface area contributed by atoms with Crippen LogP contribution in [0.2, 0.25) is 0 Å². The highest BCUT2D eigenvalue weighted by atomic mass is 16.3. The van der Waals surface area contributed by atoms with Crippen LogP contribution in [0.5, 0.6) is 11.5 Å². The number of ketones is 1. The van der Waals surface area contributed by atoms with E-state index in [2.05, 4.69) is 0 Å². The highest BCUT2D eigenvalue weighted by Crippen LogP contribution is 2.27. The summed E-state index contributed by atoms with van der Waals surface area (Å²) in [6.07, 6.45) is 0. The molecule has 0 aliphatic heterocycles. The maximum absolute atomic E-state index is 10.9. The summed E-state index contributed by atoms with van der Waals surface area (Å²) < 4.78 is 0. The summed E-state index contributed by atoms with van der Waals surface area (Å²) in [7, 11) is 0. The minimum Gasteiger partial charge on any atom is -0.508 e. The van der Waals surface area contributed by atoms with E-state index >= 15 is 0 Å². The number of aryl methyl sites for hydroxylation is 1. The first-order chi connectivity index (χ1) is 5.52. The number of carbonyl (C=O) groups is 1. The smallest absolute Gasteiger partial charge is 0.163 e. The van der Waals surface area contributed by atoms with Crippen LogP contribution < -0.4 is 0 Å². The van der Waals surface area contributed by atoms with Crippen molar-refractivity contribution in [3.8, 4) is 11.5 Å². The van der Waals surface area contributed by atoms with Gasteiger partial charge < -0.3 is 10.2 Å². The number of hydrogen-bond donors (Lipinski definition) is 2. The Kier molecular flexibility index (Phi) is 2.04. The molecular weight excluding hydrogens is 156 g/mol. The van der Waals surface area contributed by atoms with E-state index in [0.29, 0.717) is 5.56 Å². The van der Waals surface area contributed by atoms with Crippen molar-refractivity contribution in [1.82, 2.24) is 0 Å². The molecule has 3 heteroatoms. The molecule has 0 saturated carbocycles. The van der Waals surface area contributed by atoms with E-state index in [9.17, 15) is 9.90 Å². The van der Waals surface area contributed by atoms with Crippen molar-refractivity contribution >= 4 is 5.78 Å². The van der Waals surface area contributed by atoms with Gasteiger partial charge in [0.25, 0.3) is 0 Å². The van der Waals surface area contributed by atoms with Crippen molar-refractivity contribution in [2.75, 3.05) is 0 Å². The molecular formula is C9H10O3. The molecule has 0 aromatic heterocycles. The zero-order valence-electron chi connectivity index (χ0n) is 6.96. The molecule has 1 aromatic carbocycles. The van der Waals surface area contributed by atoms with Gasteiger partial charge in [0.2, 0.25) is 0 Å². The standard InChI is InChI=1S/C9H10O3/c1-5-3-7(11)4-8(6(2)10)9(5)12/h3-4,11-12H,1-2H3. The van der Waals surface area contributed by atoms with Crippen LogP contribution in [0.3, 0.4) is 0 Å². The van der Waals surface area contributed by atoms with Gasteiger partial charge in [-0.3, -0.25) is 4.79 Å². The van der Waals surface area contributed by atoms with E-state index < -0.39 is 0 Å². The predicted octanol–water partition coefficient (Wildman–Crippen LogP) is 1.61. The second-order valence-corrected chi connectivity index (χ2v) is 2.72. The highest BCUT2D eigenvalue weighted by molar-refractivity contribution is 5.97. The Morgan fingerprint density at radius 3 is 2.42 bits per heavy atom. The lowest BCUT2D eigenvalue weighted by molar-refractivity contribution is 0.101. The van der Waals surface area contributed by atoms with Crippen LogP contribution in [0.15, 0.2) is 12.1 Å². The number of phenols is 2. The summed E-state index contributed by atoms with van der Waals surface area (Å²) in [5, 5.41) is 18.5. The van der Waals surface area contributed by atoms with Crippen molar-refractivity contribution in [2.24, 2.45) is 0 Å². The van der Waals surface area contributed by atoms with Gasteiger partial charge in [0.15, 0.2) is 5.78 Å². The second kappa shape index (κ2) is 2.85. The third kappa shape index (κ3) is 1.39. The van der Waals surface area contributed by atoms with Gasteiger partial charge in [0.05, 0.1) is 5.56 Å². The third-order valence-electron chi connectivity index (χ3n) is 1.66. The molecule has 1 rings (SSSR count). The Morgan fingerprint density at radius 1 is 1.33 bits per heavy atom. The molecule has 0 saturated heterocycles. The van der Waals surface area contributed by atoms with Gasteiger partial charge in [-0.2, -0.15) is 0 Å². The Hall–Kier alpha value is -1.51. The SMILES string of the molecule is CC(=O)c1cc(O)cc(C)c1O. The number of hydrogen-bond acceptors (Lipinski definition) is 3. The topological polar surface area (TPSA) is 57.5 Å². The van der Waals surface area contributed by atoms with Crippen LogP contribution in [0.25, 0.3) is 0 Å². The van der Waals surface area contributed by atoms with Gasteiger partial charge >= 0.3 is 0 Å². The number of benzene rings is 1. The fourth-order valence-corrected chi connectivity index (χ4v) is 1.03.